The third kappa shape index (κ3) is 4.66. The van der Waals surface area contributed by atoms with E-state index in [-0.39, 0.29) is 0 Å². The third-order valence-corrected chi connectivity index (χ3v) is 5.96. The average Bonchev–Trinajstić information content (AvgIpc) is 2.46. The second-order valence-corrected chi connectivity index (χ2v) is 6.92. The lowest BCUT2D eigenvalue weighted by atomic mass is 10.2. The molecule has 0 heterocycles. The van der Waals surface area contributed by atoms with Crippen molar-refractivity contribution < 1.29 is 0 Å². The Bertz CT molecular complexity index is 690. The molecule has 0 spiro atoms. The van der Waals surface area contributed by atoms with Gasteiger partial charge >= 0.3 is 0 Å². The van der Waals surface area contributed by atoms with Gasteiger partial charge in [-0.25, -0.2) is 0 Å². The second-order valence-electron chi connectivity index (χ2n) is 3.89. The largest absolute Gasteiger partial charge is 0.0843 e. The fourth-order valence-corrected chi connectivity index (χ4v) is 2.63. The second kappa shape index (κ2) is 7.69. The summed E-state index contributed by atoms with van der Waals surface area (Å²) < 4.78 is 2.11. The minimum absolute atomic E-state index is 0.719. The molecule has 0 atom stereocenters. The van der Waals surface area contributed by atoms with Gasteiger partial charge in [0.15, 0.2) is 0 Å². The quantitative estimate of drug-likeness (QED) is 0.292. The van der Waals surface area contributed by atoms with Crippen molar-refractivity contribution in [3.8, 4) is 11.8 Å². The van der Waals surface area contributed by atoms with Crippen LogP contribution in [0.2, 0.25) is 10.0 Å². The van der Waals surface area contributed by atoms with E-state index in [0.29, 0.717) is 0 Å². The molecule has 0 bridgehead atoms. The van der Waals surface area contributed by atoms with E-state index in [4.69, 9.17) is 23.2 Å². The lowest BCUT2D eigenvalue weighted by Gasteiger charge is -2.00. The molecule has 100 valence electrons. The van der Waals surface area contributed by atoms with E-state index in [0.717, 1.165) is 28.3 Å². The average molecular weight is 525 g/mol. The number of hydrogen-bond acceptors (Lipinski definition) is 0. The van der Waals surface area contributed by atoms with Gasteiger partial charge in [0.2, 0.25) is 0 Å². The molecule has 2 aromatic rings. The lowest BCUT2D eigenvalue weighted by molar-refractivity contribution is 1.64. The molecule has 0 aliphatic rings. The Morgan fingerprint density at radius 1 is 0.800 bits per heavy atom. The molecule has 0 saturated carbocycles. The van der Waals surface area contributed by atoms with E-state index < -0.39 is 0 Å². The summed E-state index contributed by atoms with van der Waals surface area (Å²) in [6.07, 6.45) is 0. The van der Waals surface area contributed by atoms with Crippen molar-refractivity contribution in [1.29, 1.82) is 0 Å². The van der Waals surface area contributed by atoms with Crippen LogP contribution in [0.3, 0.4) is 0 Å². The Kier molecular flexibility index (Phi) is 6.21. The van der Waals surface area contributed by atoms with Crippen LogP contribution < -0.4 is 0 Å². The van der Waals surface area contributed by atoms with Crippen LogP contribution in [0.1, 0.15) is 11.1 Å². The Morgan fingerprint density at radius 3 is 1.85 bits per heavy atom. The first-order valence-corrected chi connectivity index (χ1v) is 8.56. The summed E-state index contributed by atoms with van der Waals surface area (Å²) in [7, 11) is 0. The fourth-order valence-electron chi connectivity index (χ4n) is 1.44. The van der Waals surface area contributed by atoms with Crippen molar-refractivity contribution in [1.82, 2.24) is 0 Å². The summed E-state index contributed by atoms with van der Waals surface area (Å²) in [5.74, 6) is 6.29. The first-order chi connectivity index (χ1) is 9.56. The van der Waals surface area contributed by atoms with Crippen LogP contribution in [0, 0.1) is 11.8 Å². The summed E-state index contributed by atoms with van der Waals surface area (Å²) in [6, 6.07) is 15.2. The summed E-state index contributed by atoms with van der Waals surface area (Å²) in [4.78, 5) is 0. The van der Waals surface area contributed by atoms with E-state index in [1.807, 2.05) is 48.5 Å². The highest BCUT2D eigenvalue weighted by Gasteiger charge is 2.01. The van der Waals surface area contributed by atoms with Crippen LogP contribution in [0.4, 0.5) is 0 Å². The SMILES string of the molecule is Clc1ccc(C#C/C(I)=C(\I)c2ccc(Cl)cc2)cc1. The standard InChI is InChI=1S/C16H8Cl2I2/c17-13-6-1-11(2-7-13)3-10-15(19)16(20)12-4-8-14(18)9-5-12/h1-2,4-9H/b16-15+. The predicted octanol–water partition coefficient (Wildman–Crippen LogP) is 6.58. The van der Waals surface area contributed by atoms with Crippen molar-refractivity contribution in [2.75, 3.05) is 0 Å². The summed E-state index contributed by atoms with van der Waals surface area (Å²) in [5.41, 5.74) is 2.06. The maximum atomic E-state index is 5.89. The van der Waals surface area contributed by atoms with Crippen molar-refractivity contribution in [2.24, 2.45) is 0 Å². The number of hydrogen-bond donors (Lipinski definition) is 0. The van der Waals surface area contributed by atoms with Gasteiger partial charge in [-0.05, 0) is 87.1 Å². The van der Waals surface area contributed by atoms with Gasteiger partial charge in [0, 0.05) is 19.2 Å². The predicted molar refractivity (Wildman–Crippen MR) is 105 cm³/mol. The highest BCUT2D eigenvalue weighted by molar-refractivity contribution is 14.1. The van der Waals surface area contributed by atoms with Crippen molar-refractivity contribution in [3.63, 3.8) is 0 Å². The van der Waals surface area contributed by atoms with Crippen molar-refractivity contribution >= 4 is 72.0 Å². The van der Waals surface area contributed by atoms with E-state index in [1.165, 1.54) is 0 Å². The minimum atomic E-state index is 0.719. The van der Waals surface area contributed by atoms with E-state index in [2.05, 4.69) is 57.0 Å². The van der Waals surface area contributed by atoms with Crippen LogP contribution in [0.25, 0.3) is 3.58 Å². The molecule has 0 fully saturated rings. The zero-order valence-electron chi connectivity index (χ0n) is 10.1. The maximum absolute atomic E-state index is 5.89. The van der Waals surface area contributed by atoms with Crippen molar-refractivity contribution in [2.45, 2.75) is 0 Å². The van der Waals surface area contributed by atoms with E-state index in [9.17, 15) is 0 Å². The third-order valence-electron chi connectivity index (χ3n) is 2.45. The maximum Gasteiger partial charge on any atom is 0.0772 e. The zero-order valence-corrected chi connectivity index (χ0v) is 16.0. The molecule has 2 aromatic carbocycles. The number of rotatable bonds is 1. The molecule has 0 amide bonds. The molecule has 20 heavy (non-hydrogen) atoms. The smallest absolute Gasteiger partial charge is 0.0772 e. The van der Waals surface area contributed by atoms with Crippen LogP contribution in [-0.4, -0.2) is 0 Å². The van der Waals surface area contributed by atoms with Gasteiger partial charge in [-0.2, -0.15) is 0 Å². The molecule has 2 rings (SSSR count). The Labute approximate surface area is 155 Å². The van der Waals surface area contributed by atoms with Crippen molar-refractivity contribution in [3.05, 3.63) is 73.3 Å². The molecular weight excluding hydrogens is 517 g/mol. The van der Waals surface area contributed by atoms with Gasteiger partial charge in [-0.3, -0.25) is 0 Å². The first-order valence-electron chi connectivity index (χ1n) is 5.65. The molecule has 0 aromatic heterocycles. The van der Waals surface area contributed by atoms with Crippen LogP contribution >= 0.6 is 68.4 Å². The highest BCUT2D eigenvalue weighted by atomic mass is 127. The highest BCUT2D eigenvalue weighted by Crippen LogP contribution is 2.29. The monoisotopic (exact) mass is 524 g/mol. The van der Waals surface area contributed by atoms with Gasteiger partial charge in [-0.1, -0.05) is 47.2 Å². The van der Waals surface area contributed by atoms with Gasteiger partial charge in [0.25, 0.3) is 0 Å². The molecule has 0 nitrogen and oxygen atoms in total. The fraction of sp³-hybridized carbons (Fsp3) is 0. The summed E-state index contributed by atoms with van der Waals surface area (Å²) in [6.45, 7) is 0. The Hall–Kier alpha value is -0.220. The van der Waals surface area contributed by atoms with Gasteiger partial charge < -0.3 is 0 Å². The van der Waals surface area contributed by atoms with E-state index in [1.54, 1.807) is 0 Å². The molecule has 0 aliphatic heterocycles. The van der Waals surface area contributed by atoms with Crippen LogP contribution in [0.15, 0.2) is 52.1 Å². The lowest BCUT2D eigenvalue weighted by Crippen LogP contribution is -1.79. The molecular formula is C16H8Cl2I2. The molecule has 0 aliphatic carbocycles. The molecule has 0 saturated heterocycles. The van der Waals surface area contributed by atoms with E-state index >= 15 is 0 Å². The first kappa shape index (κ1) is 16.2. The van der Waals surface area contributed by atoms with Gasteiger partial charge in [0.05, 0.1) is 3.58 Å². The number of allylic oxidation sites excluding steroid dienone is 1. The molecule has 4 heteroatoms. The van der Waals surface area contributed by atoms with Crippen LogP contribution in [0.5, 0.6) is 0 Å². The summed E-state index contributed by atoms with van der Waals surface area (Å²) >= 11 is 16.3. The topological polar surface area (TPSA) is 0 Å². The Morgan fingerprint density at radius 2 is 1.30 bits per heavy atom. The minimum Gasteiger partial charge on any atom is -0.0843 e. The summed E-state index contributed by atoms with van der Waals surface area (Å²) in [5, 5.41) is 1.46. The molecule has 0 N–H and O–H groups in total. The van der Waals surface area contributed by atoms with Gasteiger partial charge in [-0.15, -0.1) is 0 Å². The normalized spacial score (nSPS) is 11.4. The molecule has 0 radical (unpaired) electrons. The zero-order chi connectivity index (χ0) is 14.5. The molecule has 0 unspecified atom stereocenters. The van der Waals surface area contributed by atoms with Crippen LogP contribution in [-0.2, 0) is 0 Å². The van der Waals surface area contributed by atoms with Gasteiger partial charge in [0.1, 0.15) is 0 Å². The Balaban J connectivity index is 2.26. The number of benzene rings is 2. The number of halogens is 4.